The summed E-state index contributed by atoms with van der Waals surface area (Å²) >= 11 is 1.28. The van der Waals surface area contributed by atoms with E-state index in [-0.39, 0.29) is 11.8 Å². The first-order valence-corrected chi connectivity index (χ1v) is 8.07. The van der Waals surface area contributed by atoms with Crippen molar-refractivity contribution in [3.8, 4) is 0 Å². The monoisotopic (exact) mass is 315 g/mol. The molecule has 5 nitrogen and oxygen atoms in total. The second-order valence-electron chi connectivity index (χ2n) is 5.31. The number of hydrogen-bond donors (Lipinski definition) is 1. The molecule has 22 heavy (non-hydrogen) atoms. The summed E-state index contributed by atoms with van der Waals surface area (Å²) in [5.74, 6) is 0.0755. The smallest absolute Gasteiger partial charge is 0.254 e. The third-order valence-electron chi connectivity index (χ3n) is 3.77. The Hall–Kier alpha value is -2.21. The van der Waals surface area contributed by atoms with Gasteiger partial charge in [0.2, 0.25) is 5.91 Å². The number of aryl methyl sites for hydroxylation is 1. The Morgan fingerprint density at radius 2 is 2.14 bits per heavy atom. The molecule has 0 bridgehead atoms. The summed E-state index contributed by atoms with van der Waals surface area (Å²) in [5.41, 5.74) is 3.31. The molecule has 1 saturated heterocycles. The van der Waals surface area contributed by atoms with E-state index in [1.54, 1.807) is 5.38 Å². The van der Waals surface area contributed by atoms with Gasteiger partial charge in [-0.15, -0.1) is 0 Å². The third kappa shape index (κ3) is 3.01. The second-order valence-corrected chi connectivity index (χ2v) is 5.94. The van der Waals surface area contributed by atoms with Gasteiger partial charge in [-0.05, 0) is 42.6 Å². The van der Waals surface area contributed by atoms with Gasteiger partial charge < -0.3 is 10.2 Å². The van der Waals surface area contributed by atoms with Crippen molar-refractivity contribution in [2.24, 2.45) is 0 Å². The summed E-state index contributed by atoms with van der Waals surface area (Å²) in [6.45, 7) is 3.08. The summed E-state index contributed by atoms with van der Waals surface area (Å²) in [5, 5.41) is 4.64. The van der Waals surface area contributed by atoms with Crippen LogP contribution in [0.15, 0.2) is 29.6 Å². The molecule has 6 heteroatoms. The van der Waals surface area contributed by atoms with Crippen LogP contribution in [0, 0.1) is 6.92 Å². The molecular weight excluding hydrogens is 298 g/mol. The lowest BCUT2D eigenvalue weighted by atomic mass is 10.2. The molecule has 1 N–H and O–H groups in total. The number of benzene rings is 1. The number of carbonyl (C=O) groups excluding carboxylic acids is 2. The molecule has 2 heterocycles. The molecular formula is C16H17N3O2S. The predicted molar refractivity (Wildman–Crippen MR) is 86.1 cm³/mol. The minimum absolute atomic E-state index is 0.106. The summed E-state index contributed by atoms with van der Waals surface area (Å²) in [4.78, 5) is 25.5. The van der Waals surface area contributed by atoms with Gasteiger partial charge in [0.25, 0.3) is 5.91 Å². The highest BCUT2D eigenvalue weighted by atomic mass is 32.1. The molecule has 1 aliphatic rings. The van der Waals surface area contributed by atoms with Crippen molar-refractivity contribution < 1.29 is 9.59 Å². The fourth-order valence-corrected chi connectivity index (χ4v) is 3.20. The van der Waals surface area contributed by atoms with Crippen molar-refractivity contribution in [1.82, 2.24) is 9.69 Å². The van der Waals surface area contributed by atoms with E-state index in [0.29, 0.717) is 18.5 Å². The largest absolute Gasteiger partial charge is 0.348 e. The van der Waals surface area contributed by atoms with Gasteiger partial charge in [-0.1, -0.05) is 12.1 Å². The maximum absolute atomic E-state index is 12.0. The molecule has 1 aliphatic heterocycles. The summed E-state index contributed by atoms with van der Waals surface area (Å²) in [7, 11) is 0. The number of amides is 2. The van der Waals surface area contributed by atoms with Gasteiger partial charge in [-0.3, -0.25) is 9.59 Å². The first kappa shape index (κ1) is 14.7. The Morgan fingerprint density at radius 1 is 1.36 bits per heavy atom. The number of rotatable bonds is 4. The molecule has 1 fully saturated rings. The van der Waals surface area contributed by atoms with Crippen LogP contribution in [0.3, 0.4) is 0 Å². The van der Waals surface area contributed by atoms with E-state index in [4.69, 9.17) is 0 Å². The normalized spacial score (nSPS) is 14.4. The number of nitrogens with one attached hydrogen (secondary N) is 1. The molecule has 114 valence electrons. The van der Waals surface area contributed by atoms with Gasteiger partial charge in [-0.25, -0.2) is 0 Å². The van der Waals surface area contributed by atoms with Gasteiger partial charge in [-0.2, -0.15) is 4.37 Å². The van der Waals surface area contributed by atoms with Gasteiger partial charge in [0, 0.05) is 30.6 Å². The SMILES string of the molecule is Cc1nscc1C(=O)NCc1ccc(N2CCCC2=O)cc1. The molecule has 0 radical (unpaired) electrons. The van der Waals surface area contributed by atoms with E-state index < -0.39 is 0 Å². The van der Waals surface area contributed by atoms with Crippen LogP contribution < -0.4 is 10.2 Å². The first-order valence-electron chi connectivity index (χ1n) is 7.23. The van der Waals surface area contributed by atoms with E-state index in [1.807, 2.05) is 36.1 Å². The van der Waals surface area contributed by atoms with E-state index in [0.717, 1.165) is 29.9 Å². The molecule has 2 amide bonds. The average Bonchev–Trinajstić information content (AvgIpc) is 3.14. The zero-order valence-corrected chi connectivity index (χ0v) is 13.2. The molecule has 0 unspecified atom stereocenters. The van der Waals surface area contributed by atoms with Crippen LogP contribution in [0.2, 0.25) is 0 Å². The van der Waals surface area contributed by atoms with Crippen LogP contribution in [-0.2, 0) is 11.3 Å². The van der Waals surface area contributed by atoms with Gasteiger partial charge in [0.15, 0.2) is 0 Å². The zero-order valence-electron chi connectivity index (χ0n) is 12.3. The summed E-state index contributed by atoms with van der Waals surface area (Å²) in [6, 6.07) is 7.75. The molecule has 0 saturated carbocycles. The zero-order chi connectivity index (χ0) is 15.5. The summed E-state index contributed by atoms with van der Waals surface area (Å²) in [6.07, 6.45) is 1.55. The fourth-order valence-electron chi connectivity index (χ4n) is 2.50. The molecule has 2 aromatic rings. The average molecular weight is 315 g/mol. The third-order valence-corrected chi connectivity index (χ3v) is 4.49. The van der Waals surface area contributed by atoms with Crippen molar-refractivity contribution in [2.45, 2.75) is 26.3 Å². The van der Waals surface area contributed by atoms with Crippen LogP contribution in [0.1, 0.15) is 34.5 Å². The first-order chi connectivity index (χ1) is 10.6. The van der Waals surface area contributed by atoms with Crippen molar-refractivity contribution in [2.75, 3.05) is 11.4 Å². The Labute approximate surface area is 133 Å². The van der Waals surface area contributed by atoms with E-state index in [9.17, 15) is 9.59 Å². The Morgan fingerprint density at radius 3 is 2.73 bits per heavy atom. The Bertz CT molecular complexity index is 694. The Kier molecular flexibility index (Phi) is 4.20. The minimum atomic E-state index is -0.106. The highest BCUT2D eigenvalue weighted by Crippen LogP contribution is 2.21. The number of carbonyl (C=O) groups is 2. The quantitative estimate of drug-likeness (QED) is 0.943. The number of aromatic nitrogens is 1. The van der Waals surface area contributed by atoms with Gasteiger partial charge in [0.1, 0.15) is 0 Å². The highest BCUT2D eigenvalue weighted by Gasteiger charge is 2.21. The Balaban J connectivity index is 1.61. The van der Waals surface area contributed by atoms with E-state index in [1.165, 1.54) is 11.5 Å². The summed E-state index contributed by atoms with van der Waals surface area (Å²) < 4.78 is 4.10. The molecule has 0 spiro atoms. The van der Waals surface area contributed by atoms with Gasteiger partial charge in [0.05, 0.1) is 11.3 Å². The maximum Gasteiger partial charge on any atom is 0.254 e. The van der Waals surface area contributed by atoms with Gasteiger partial charge >= 0.3 is 0 Å². The van der Waals surface area contributed by atoms with Crippen molar-refractivity contribution in [1.29, 1.82) is 0 Å². The topological polar surface area (TPSA) is 62.3 Å². The standard InChI is InChI=1S/C16H17N3O2S/c1-11-14(10-22-18-11)16(21)17-9-12-4-6-13(7-5-12)19-8-2-3-15(19)20/h4-7,10H,2-3,8-9H2,1H3,(H,17,21). The molecule has 0 aliphatic carbocycles. The van der Waals surface area contributed by atoms with Crippen molar-refractivity contribution >= 4 is 29.0 Å². The maximum atomic E-state index is 12.0. The van der Waals surface area contributed by atoms with Crippen LogP contribution in [0.5, 0.6) is 0 Å². The van der Waals surface area contributed by atoms with Crippen molar-refractivity contribution in [3.05, 3.63) is 46.5 Å². The van der Waals surface area contributed by atoms with Crippen LogP contribution >= 0.6 is 11.5 Å². The lowest BCUT2D eigenvalue weighted by Crippen LogP contribution is -2.24. The van der Waals surface area contributed by atoms with Crippen molar-refractivity contribution in [3.63, 3.8) is 0 Å². The van der Waals surface area contributed by atoms with Crippen LogP contribution in [-0.4, -0.2) is 22.7 Å². The lowest BCUT2D eigenvalue weighted by Gasteiger charge is -2.16. The molecule has 3 rings (SSSR count). The molecule has 0 atom stereocenters. The molecule has 1 aromatic heterocycles. The predicted octanol–water partition coefficient (Wildman–Crippen LogP) is 2.51. The lowest BCUT2D eigenvalue weighted by molar-refractivity contribution is -0.117. The minimum Gasteiger partial charge on any atom is -0.348 e. The molecule has 1 aromatic carbocycles. The number of hydrogen-bond acceptors (Lipinski definition) is 4. The van der Waals surface area contributed by atoms with Crippen LogP contribution in [0.25, 0.3) is 0 Å². The fraction of sp³-hybridized carbons (Fsp3) is 0.312. The highest BCUT2D eigenvalue weighted by molar-refractivity contribution is 7.03. The van der Waals surface area contributed by atoms with E-state index >= 15 is 0 Å². The van der Waals surface area contributed by atoms with Crippen LogP contribution in [0.4, 0.5) is 5.69 Å². The number of anilines is 1. The van der Waals surface area contributed by atoms with E-state index in [2.05, 4.69) is 9.69 Å². The number of nitrogens with zero attached hydrogens (tertiary/aromatic N) is 2. The second kappa shape index (κ2) is 6.27.